The summed E-state index contributed by atoms with van der Waals surface area (Å²) in [5.41, 5.74) is 3.21. The molecule has 1 N–H and O–H groups in total. The standard InChI is InChI=1S/C23H32N2O2/c1-5-16(12-24-15(2)27-4)22(26)25-13-20-21(23(20,3)14-25)19-10-8-18(9-11-19)17-6-7-17/h8-11,16-17,20-21,24H,2,5-7,12-14H2,1,3-4H3. The highest BCUT2D eigenvalue weighted by molar-refractivity contribution is 5.80. The van der Waals surface area contributed by atoms with Gasteiger partial charge in [-0.3, -0.25) is 4.79 Å². The van der Waals surface area contributed by atoms with Gasteiger partial charge in [0.15, 0.2) is 5.88 Å². The lowest BCUT2D eigenvalue weighted by atomic mass is 9.98. The molecule has 1 aromatic carbocycles. The minimum atomic E-state index is -0.0192. The lowest BCUT2D eigenvalue weighted by Crippen LogP contribution is -2.40. The molecule has 0 radical (unpaired) electrons. The zero-order valence-electron chi connectivity index (χ0n) is 16.8. The van der Waals surface area contributed by atoms with Crippen molar-refractivity contribution >= 4 is 5.91 Å². The number of amides is 1. The fourth-order valence-corrected chi connectivity index (χ4v) is 5.05. The molecule has 1 aliphatic heterocycles. The molecule has 4 rings (SSSR count). The van der Waals surface area contributed by atoms with Gasteiger partial charge in [0.1, 0.15) is 0 Å². The summed E-state index contributed by atoms with van der Waals surface area (Å²) in [5.74, 6) is 2.80. The van der Waals surface area contributed by atoms with Crippen LogP contribution in [-0.4, -0.2) is 37.6 Å². The Kier molecular flexibility index (Phi) is 4.69. The highest BCUT2D eigenvalue weighted by atomic mass is 16.5. The number of rotatable bonds is 8. The van der Waals surface area contributed by atoms with Crippen molar-refractivity contribution in [3.05, 3.63) is 47.9 Å². The van der Waals surface area contributed by atoms with Crippen LogP contribution in [0.1, 0.15) is 56.1 Å². The Morgan fingerprint density at radius 2 is 2.00 bits per heavy atom. The molecule has 1 aromatic rings. The average Bonchev–Trinajstić information content (AvgIpc) is 3.58. The molecule has 27 heavy (non-hydrogen) atoms. The fourth-order valence-electron chi connectivity index (χ4n) is 5.05. The second kappa shape index (κ2) is 6.88. The van der Waals surface area contributed by atoms with E-state index in [9.17, 15) is 4.79 Å². The van der Waals surface area contributed by atoms with Gasteiger partial charge in [0.2, 0.25) is 5.91 Å². The monoisotopic (exact) mass is 368 g/mol. The molecule has 1 heterocycles. The summed E-state index contributed by atoms with van der Waals surface area (Å²) >= 11 is 0. The van der Waals surface area contributed by atoms with E-state index in [2.05, 4.69) is 54.9 Å². The molecular formula is C23H32N2O2. The van der Waals surface area contributed by atoms with Crippen molar-refractivity contribution in [1.29, 1.82) is 0 Å². The number of likely N-dealkylation sites (tertiary alicyclic amines) is 1. The lowest BCUT2D eigenvalue weighted by Gasteiger charge is -2.27. The second-order valence-electron chi connectivity index (χ2n) is 8.86. The molecule has 2 aliphatic carbocycles. The van der Waals surface area contributed by atoms with Crippen molar-refractivity contribution in [1.82, 2.24) is 10.2 Å². The maximum atomic E-state index is 13.0. The van der Waals surface area contributed by atoms with E-state index in [1.165, 1.54) is 24.0 Å². The van der Waals surface area contributed by atoms with Crippen molar-refractivity contribution < 1.29 is 9.53 Å². The fraction of sp³-hybridized carbons (Fsp3) is 0.609. The van der Waals surface area contributed by atoms with E-state index >= 15 is 0 Å². The second-order valence-corrected chi connectivity index (χ2v) is 8.86. The van der Waals surface area contributed by atoms with Crippen LogP contribution in [0.4, 0.5) is 0 Å². The van der Waals surface area contributed by atoms with E-state index in [0.29, 0.717) is 24.3 Å². The topological polar surface area (TPSA) is 41.6 Å². The van der Waals surface area contributed by atoms with Gasteiger partial charge >= 0.3 is 0 Å². The van der Waals surface area contributed by atoms with Crippen LogP contribution >= 0.6 is 0 Å². The van der Waals surface area contributed by atoms with E-state index in [4.69, 9.17) is 4.74 Å². The third kappa shape index (κ3) is 3.35. The molecule has 0 bridgehead atoms. The first-order valence-corrected chi connectivity index (χ1v) is 10.3. The highest BCUT2D eigenvalue weighted by Gasteiger charge is 2.66. The van der Waals surface area contributed by atoms with E-state index in [1.807, 2.05) is 0 Å². The Labute approximate surface area is 163 Å². The predicted molar refractivity (Wildman–Crippen MR) is 107 cm³/mol. The Morgan fingerprint density at radius 1 is 1.33 bits per heavy atom. The third-order valence-corrected chi connectivity index (χ3v) is 7.09. The Bertz CT molecular complexity index is 724. The number of nitrogens with zero attached hydrogens (tertiary/aromatic N) is 1. The van der Waals surface area contributed by atoms with Crippen molar-refractivity contribution in [2.45, 2.75) is 44.9 Å². The number of methoxy groups -OCH3 is 1. The molecule has 0 aromatic heterocycles. The predicted octanol–water partition coefficient (Wildman–Crippen LogP) is 3.86. The molecule has 4 unspecified atom stereocenters. The first-order chi connectivity index (χ1) is 13.0. The van der Waals surface area contributed by atoms with Gasteiger partial charge in [0.25, 0.3) is 0 Å². The maximum absolute atomic E-state index is 13.0. The first kappa shape index (κ1) is 18.4. The van der Waals surface area contributed by atoms with Crippen molar-refractivity contribution in [2.75, 3.05) is 26.7 Å². The van der Waals surface area contributed by atoms with Gasteiger partial charge < -0.3 is 15.0 Å². The average molecular weight is 369 g/mol. The molecule has 4 atom stereocenters. The summed E-state index contributed by atoms with van der Waals surface area (Å²) < 4.78 is 5.05. The summed E-state index contributed by atoms with van der Waals surface area (Å²) in [6, 6.07) is 9.33. The zero-order chi connectivity index (χ0) is 19.2. The zero-order valence-corrected chi connectivity index (χ0v) is 16.8. The molecule has 4 nitrogen and oxygen atoms in total. The molecule has 1 amide bonds. The minimum absolute atomic E-state index is 0.0192. The van der Waals surface area contributed by atoms with Gasteiger partial charge in [0.05, 0.1) is 13.0 Å². The highest BCUT2D eigenvalue weighted by Crippen LogP contribution is 2.68. The van der Waals surface area contributed by atoms with E-state index in [1.54, 1.807) is 7.11 Å². The molecule has 3 aliphatic rings. The van der Waals surface area contributed by atoms with Crippen LogP contribution < -0.4 is 5.32 Å². The normalized spacial score (nSPS) is 29.8. The van der Waals surface area contributed by atoms with Crippen LogP contribution in [-0.2, 0) is 9.53 Å². The van der Waals surface area contributed by atoms with Gasteiger partial charge in [-0.2, -0.15) is 0 Å². The van der Waals surface area contributed by atoms with Gasteiger partial charge in [-0.1, -0.05) is 38.1 Å². The smallest absolute Gasteiger partial charge is 0.227 e. The quantitative estimate of drug-likeness (QED) is 0.709. The summed E-state index contributed by atoms with van der Waals surface area (Å²) in [4.78, 5) is 15.1. The van der Waals surface area contributed by atoms with Crippen LogP contribution in [0.5, 0.6) is 0 Å². The van der Waals surface area contributed by atoms with Gasteiger partial charge in [0, 0.05) is 19.6 Å². The number of hydrogen-bond donors (Lipinski definition) is 1. The molecule has 4 heteroatoms. The number of carbonyl (C=O) groups excluding carboxylic acids is 1. The summed E-state index contributed by atoms with van der Waals surface area (Å²) in [5, 5.41) is 3.11. The Balaban J connectivity index is 1.35. The molecule has 2 saturated carbocycles. The van der Waals surface area contributed by atoms with Crippen LogP contribution in [0.2, 0.25) is 0 Å². The van der Waals surface area contributed by atoms with Crippen molar-refractivity contribution in [3.63, 3.8) is 0 Å². The number of ether oxygens (including phenoxy) is 1. The van der Waals surface area contributed by atoms with Crippen LogP contribution in [0.15, 0.2) is 36.7 Å². The molecular weight excluding hydrogens is 336 g/mol. The molecule has 146 valence electrons. The Morgan fingerprint density at radius 3 is 2.52 bits per heavy atom. The summed E-state index contributed by atoms with van der Waals surface area (Å²) in [6.07, 6.45) is 3.53. The van der Waals surface area contributed by atoms with Gasteiger partial charge in [-0.05, 0) is 60.1 Å². The molecule has 1 saturated heterocycles. The number of benzene rings is 1. The number of piperidine rings is 1. The Hall–Kier alpha value is -1.97. The minimum Gasteiger partial charge on any atom is -0.483 e. The van der Waals surface area contributed by atoms with Crippen LogP contribution in [0, 0.1) is 17.3 Å². The van der Waals surface area contributed by atoms with Crippen molar-refractivity contribution in [2.24, 2.45) is 17.3 Å². The SMILES string of the molecule is C=C(NCC(CC)C(=O)N1CC2C(c3ccc(C4CC4)cc3)C2(C)C1)OC. The number of hydrogen-bond acceptors (Lipinski definition) is 3. The molecule has 3 fully saturated rings. The summed E-state index contributed by atoms with van der Waals surface area (Å²) in [6.45, 7) is 10.6. The largest absolute Gasteiger partial charge is 0.483 e. The number of carbonyl (C=O) groups is 1. The van der Waals surface area contributed by atoms with Crippen molar-refractivity contribution in [3.8, 4) is 0 Å². The first-order valence-electron chi connectivity index (χ1n) is 10.3. The third-order valence-electron chi connectivity index (χ3n) is 7.09. The lowest BCUT2D eigenvalue weighted by molar-refractivity contribution is -0.135. The van der Waals surface area contributed by atoms with Gasteiger partial charge in [-0.15, -0.1) is 0 Å². The van der Waals surface area contributed by atoms with Gasteiger partial charge in [-0.25, -0.2) is 0 Å². The molecule has 0 spiro atoms. The van der Waals surface area contributed by atoms with E-state index < -0.39 is 0 Å². The van der Waals surface area contributed by atoms with E-state index in [-0.39, 0.29) is 17.2 Å². The summed E-state index contributed by atoms with van der Waals surface area (Å²) in [7, 11) is 1.59. The maximum Gasteiger partial charge on any atom is 0.227 e. The van der Waals surface area contributed by atoms with E-state index in [0.717, 1.165) is 25.4 Å². The number of fused-ring (bicyclic) bond motifs is 1. The number of nitrogens with one attached hydrogen (secondary N) is 1. The van der Waals surface area contributed by atoms with Crippen LogP contribution in [0.3, 0.4) is 0 Å². The van der Waals surface area contributed by atoms with Crippen LogP contribution in [0.25, 0.3) is 0 Å².